The number of rotatable bonds is 9. The molecule has 39 heavy (non-hydrogen) atoms. The summed E-state index contributed by atoms with van der Waals surface area (Å²) in [5.41, 5.74) is 6.38. The fraction of sp³-hybridized carbons (Fsp3) is 0.345. The van der Waals surface area contributed by atoms with Gasteiger partial charge in [0.25, 0.3) is 5.91 Å². The lowest BCUT2D eigenvalue weighted by Gasteiger charge is -2.36. The van der Waals surface area contributed by atoms with Crippen molar-refractivity contribution in [1.29, 1.82) is 5.26 Å². The van der Waals surface area contributed by atoms with E-state index >= 15 is 0 Å². The molecule has 1 aromatic heterocycles. The number of amides is 1. The van der Waals surface area contributed by atoms with Gasteiger partial charge in [0.2, 0.25) is 5.82 Å². The van der Waals surface area contributed by atoms with Crippen molar-refractivity contribution in [2.45, 2.75) is 27.3 Å². The lowest BCUT2D eigenvalue weighted by atomic mass is 10.1. The standard InChI is InChI=1S/C29H32ClN7O2/c1-20(2)18-37(28-26(30)17-32-27(16-31)33-28)34-29(39)24-6-4-22(5-7-24)19-35-12-14-36(15-13-35)25-10-8-23(9-11-25)21(3)38/h4-11,17,20H,12-15,18-19H2,1-3H3,(H,34,39). The Morgan fingerprint density at radius 2 is 1.69 bits per heavy atom. The zero-order valence-corrected chi connectivity index (χ0v) is 23.1. The third-order valence-corrected chi connectivity index (χ3v) is 6.77. The van der Waals surface area contributed by atoms with Crippen molar-refractivity contribution in [2.24, 2.45) is 5.92 Å². The lowest BCUT2D eigenvalue weighted by Crippen LogP contribution is -2.46. The van der Waals surface area contributed by atoms with Crippen molar-refractivity contribution in [1.82, 2.24) is 20.3 Å². The lowest BCUT2D eigenvalue weighted by molar-refractivity contribution is 0.0946. The van der Waals surface area contributed by atoms with Gasteiger partial charge in [0.15, 0.2) is 11.6 Å². The second kappa shape index (κ2) is 12.7. The minimum absolute atomic E-state index is 0.0199. The minimum Gasteiger partial charge on any atom is -0.369 e. The molecule has 1 aliphatic heterocycles. The summed E-state index contributed by atoms with van der Waals surface area (Å²) in [5, 5.41) is 11.0. The molecule has 0 aliphatic carbocycles. The van der Waals surface area contributed by atoms with Crippen LogP contribution in [-0.2, 0) is 6.54 Å². The fourth-order valence-corrected chi connectivity index (χ4v) is 4.62. The van der Waals surface area contributed by atoms with Crippen LogP contribution in [0.1, 0.15) is 52.9 Å². The van der Waals surface area contributed by atoms with Crippen molar-refractivity contribution >= 4 is 34.8 Å². The Bertz CT molecular complexity index is 1350. The number of nitrogens with one attached hydrogen (secondary N) is 1. The van der Waals surface area contributed by atoms with Gasteiger partial charge in [-0.25, -0.2) is 4.98 Å². The summed E-state index contributed by atoms with van der Waals surface area (Å²) in [7, 11) is 0. The van der Waals surface area contributed by atoms with Crippen LogP contribution >= 0.6 is 11.6 Å². The predicted molar refractivity (Wildman–Crippen MR) is 152 cm³/mol. The third-order valence-electron chi connectivity index (χ3n) is 6.50. The summed E-state index contributed by atoms with van der Waals surface area (Å²) in [5.74, 6) is 0.251. The number of nitriles is 1. The predicted octanol–water partition coefficient (Wildman–Crippen LogP) is 4.33. The number of carbonyl (C=O) groups is 2. The number of halogens is 1. The van der Waals surface area contributed by atoms with Crippen molar-refractivity contribution in [3.05, 3.63) is 82.3 Å². The zero-order chi connectivity index (χ0) is 27.9. The molecule has 0 saturated carbocycles. The molecule has 0 bridgehead atoms. The molecule has 2 aromatic carbocycles. The number of piperazine rings is 1. The number of aromatic nitrogens is 2. The molecule has 3 aromatic rings. The first-order valence-electron chi connectivity index (χ1n) is 12.9. The topological polar surface area (TPSA) is 105 Å². The van der Waals surface area contributed by atoms with Crippen LogP contribution in [0, 0.1) is 17.2 Å². The van der Waals surface area contributed by atoms with E-state index < -0.39 is 0 Å². The van der Waals surface area contributed by atoms with Gasteiger partial charge < -0.3 is 4.90 Å². The van der Waals surface area contributed by atoms with Gasteiger partial charge in [0.1, 0.15) is 11.1 Å². The van der Waals surface area contributed by atoms with Gasteiger partial charge in [0.05, 0.1) is 6.20 Å². The molecule has 10 heteroatoms. The van der Waals surface area contributed by atoms with Crippen LogP contribution in [0.2, 0.25) is 5.02 Å². The number of hydrogen-bond donors (Lipinski definition) is 1. The molecule has 1 amide bonds. The monoisotopic (exact) mass is 545 g/mol. The summed E-state index contributed by atoms with van der Waals surface area (Å²) in [6, 6.07) is 17.3. The van der Waals surface area contributed by atoms with Crippen molar-refractivity contribution in [2.75, 3.05) is 42.6 Å². The maximum absolute atomic E-state index is 13.1. The number of hydrogen-bond acceptors (Lipinski definition) is 8. The highest BCUT2D eigenvalue weighted by Gasteiger charge is 2.20. The van der Waals surface area contributed by atoms with Gasteiger partial charge in [-0.05, 0) is 54.8 Å². The summed E-state index contributed by atoms with van der Waals surface area (Å²) >= 11 is 6.29. The Labute approximate surface area is 234 Å². The van der Waals surface area contributed by atoms with Crippen LogP contribution in [0.3, 0.4) is 0 Å². The number of benzene rings is 2. The largest absolute Gasteiger partial charge is 0.369 e. The van der Waals surface area contributed by atoms with E-state index in [4.69, 9.17) is 11.6 Å². The van der Waals surface area contributed by atoms with Gasteiger partial charge in [-0.3, -0.25) is 24.9 Å². The Hall–Kier alpha value is -4.00. The first-order chi connectivity index (χ1) is 18.7. The second-order valence-electron chi connectivity index (χ2n) is 9.99. The quantitative estimate of drug-likeness (QED) is 0.313. The molecule has 0 radical (unpaired) electrons. The molecule has 1 saturated heterocycles. The van der Waals surface area contributed by atoms with Crippen LogP contribution in [-0.4, -0.2) is 59.3 Å². The van der Waals surface area contributed by atoms with Crippen molar-refractivity contribution in [3.8, 4) is 6.07 Å². The highest BCUT2D eigenvalue weighted by atomic mass is 35.5. The van der Waals surface area contributed by atoms with Gasteiger partial charge in [-0.15, -0.1) is 0 Å². The second-order valence-corrected chi connectivity index (χ2v) is 10.4. The first-order valence-corrected chi connectivity index (χ1v) is 13.3. The number of nitrogens with zero attached hydrogens (tertiary/aromatic N) is 6. The van der Waals surface area contributed by atoms with Gasteiger partial charge >= 0.3 is 0 Å². The molecule has 9 nitrogen and oxygen atoms in total. The van der Waals surface area contributed by atoms with E-state index in [-0.39, 0.29) is 34.3 Å². The van der Waals surface area contributed by atoms with E-state index in [1.54, 1.807) is 11.9 Å². The summed E-state index contributed by atoms with van der Waals surface area (Å²) in [6.07, 6.45) is 1.36. The molecule has 0 spiro atoms. The molecule has 4 rings (SSSR count). The normalized spacial score (nSPS) is 13.7. The third kappa shape index (κ3) is 7.31. The van der Waals surface area contributed by atoms with E-state index in [1.807, 2.05) is 68.4 Å². The number of Topliss-reactive ketones (excluding diaryl/α,β-unsaturated/α-hetero) is 1. The van der Waals surface area contributed by atoms with E-state index in [0.29, 0.717) is 12.1 Å². The number of carbonyl (C=O) groups excluding carboxylic acids is 2. The Balaban J connectivity index is 1.34. The molecule has 202 valence electrons. The number of hydrazine groups is 1. The first kappa shape index (κ1) is 28.0. The maximum Gasteiger partial charge on any atom is 0.269 e. The molecule has 0 atom stereocenters. The van der Waals surface area contributed by atoms with Crippen LogP contribution in [0.4, 0.5) is 11.5 Å². The van der Waals surface area contributed by atoms with E-state index in [2.05, 4.69) is 25.2 Å². The summed E-state index contributed by atoms with van der Waals surface area (Å²) in [6.45, 7) is 10.5. The Morgan fingerprint density at radius 1 is 1.05 bits per heavy atom. The Morgan fingerprint density at radius 3 is 2.28 bits per heavy atom. The van der Waals surface area contributed by atoms with Crippen LogP contribution in [0.15, 0.2) is 54.7 Å². The molecular weight excluding hydrogens is 514 g/mol. The van der Waals surface area contributed by atoms with E-state index in [9.17, 15) is 14.9 Å². The van der Waals surface area contributed by atoms with Crippen molar-refractivity contribution < 1.29 is 9.59 Å². The summed E-state index contributed by atoms with van der Waals surface area (Å²) in [4.78, 5) is 37.4. The number of ketones is 1. The highest BCUT2D eigenvalue weighted by molar-refractivity contribution is 6.32. The highest BCUT2D eigenvalue weighted by Crippen LogP contribution is 2.23. The van der Waals surface area contributed by atoms with E-state index in [1.165, 1.54) is 6.20 Å². The molecule has 1 N–H and O–H groups in total. The maximum atomic E-state index is 13.1. The molecule has 0 unspecified atom stereocenters. The molecule has 1 aliphatic rings. The molecular formula is C29H32ClN7O2. The fourth-order valence-electron chi connectivity index (χ4n) is 4.43. The minimum atomic E-state index is -0.292. The summed E-state index contributed by atoms with van der Waals surface area (Å²) < 4.78 is 0. The van der Waals surface area contributed by atoms with E-state index in [0.717, 1.165) is 49.5 Å². The van der Waals surface area contributed by atoms with Crippen LogP contribution in [0.25, 0.3) is 0 Å². The average Bonchev–Trinajstić information content (AvgIpc) is 2.93. The SMILES string of the molecule is CC(=O)c1ccc(N2CCN(Cc3ccc(C(=O)NN(CC(C)C)c4nc(C#N)ncc4Cl)cc3)CC2)cc1. The van der Waals surface area contributed by atoms with Gasteiger partial charge in [-0.2, -0.15) is 10.2 Å². The zero-order valence-electron chi connectivity index (χ0n) is 22.4. The van der Waals surface area contributed by atoms with Gasteiger partial charge in [0, 0.05) is 56.1 Å². The Kier molecular flexibility index (Phi) is 9.12. The van der Waals surface area contributed by atoms with Crippen molar-refractivity contribution in [3.63, 3.8) is 0 Å². The molecule has 1 fully saturated rings. The number of anilines is 2. The smallest absolute Gasteiger partial charge is 0.269 e. The average molecular weight is 546 g/mol. The van der Waals surface area contributed by atoms with Gasteiger partial charge in [-0.1, -0.05) is 37.6 Å². The van der Waals surface area contributed by atoms with Crippen LogP contribution < -0.4 is 15.3 Å². The molecule has 2 heterocycles. The van der Waals surface area contributed by atoms with Crippen LogP contribution in [0.5, 0.6) is 0 Å².